The molecule has 0 saturated heterocycles. The maximum absolute atomic E-state index is 5.96. The quantitative estimate of drug-likeness (QED) is 0.851. The van der Waals surface area contributed by atoms with Gasteiger partial charge in [0.15, 0.2) is 0 Å². The van der Waals surface area contributed by atoms with Crippen LogP contribution < -0.4 is 5.73 Å². The van der Waals surface area contributed by atoms with Gasteiger partial charge in [0, 0.05) is 10.7 Å². The molecule has 1 aliphatic rings. The molecule has 0 amide bonds. The molecule has 3 rings (SSSR count). The Kier molecular flexibility index (Phi) is 3.17. The lowest BCUT2D eigenvalue weighted by Crippen LogP contribution is -2.27. The van der Waals surface area contributed by atoms with Crippen molar-refractivity contribution in [2.45, 2.75) is 38.1 Å². The fourth-order valence-electron chi connectivity index (χ4n) is 2.89. The molecule has 1 fully saturated rings. The molecule has 1 aromatic carbocycles. The van der Waals surface area contributed by atoms with Crippen LogP contribution in [0, 0.1) is 5.92 Å². The minimum absolute atomic E-state index is 0.463. The number of rotatable bonds is 2. The molecule has 0 unspecified atom stereocenters. The normalized spacial score (nSPS) is 25.2. The third kappa shape index (κ3) is 2.38. The first-order valence-electron chi connectivity index (χ1n) is 6.53. The van der Waals surface area contributed by atoms with Crippen molar-refractivity contribution in [3.63, 3.8) is 0 Å². The number of thiophene rings is 1. The van der Waals surface area contributed by atoms with Gasteiger partial charge in [0.05, 0.1) is 0 Å². The van der Waals surface area contributed by atoms with Gasteiger partial charge < -0.3 is 5.73 Å². The van der Waals surface area contributed by atoms with E-state index in [9.17, 15) is 0 Å². The lowest BCUT2D eigenvalue weighted by molar-refractivity contribution is 0.325. The van der Waals surface area contributed by atoms with Crippen LogP contribution in [0.15, 0.2) is 29.6 Å². The van der Waals surface area contributed by atoms with Gasteiger partial charge in [0.1, 0.15) is 0 Å². The topological polar surface area (TPSA) is 26.0 Å². The van der Waals surface area contributed by atoms with Crippen molar-refractivity contribution in [2.75, 3.05) is 0 Å². The van der Waals surface area contributed by atoms with Crippen LogP contribution in [0.25, 0.3) is 10.1 Å². The smallest absolute Gasteiger partial charge is 0.0345 e. The summed E-state index contributed by atoms with van der Waals surface area (Å²) in [6.45, 7) is 0. The molecule has 0 aliphatic heterocycles. The molecule has 90 valence electrons. The number of fused-ring (bicyclic) bond motifs is 1. The van der Waals surface area contributed by atoms with Gasteiger partial charge in [-0.05, 0) is 60.4 Å². The zero-order valence-electron chi connectivity index (χ0n) is 10.1. The van der Waals surface area contributed by atoms with Crippen molar-refractivity contribution in [2.24, 2.45) is 11.7 Å². The fourth-order valence-corrected chi connectivity index (χ4v) is 3.87. The predicted molar refractivity (Wildman–Crippen MR) is 75.5 cm³/mol. The molecule has 2 N–H and O–H groups in total. The molecule has 17 heavy (non-hydrogen) atoms. The number of benzene rings is 1. The average Bonchev–Trinajstić information content (AvgIpc) is 2.76. The van der Waals surface area contributed by atoms with E-state index in [1.54, 1.807) is 5.56 Å². The Hall–Kier alpha value is -0.860. The van der Waals surface area contributed by atoms with E-state index in [-0.39, 0.29) is 0 Å². The largest absolute Gasteiger partial charge is 0.328 e. The highest BCUT2D eigenvalue weighted by molar-refractivity contribution is 7.17. The molecule has 1 nitrogen and oxygen atoms in total. The van der Waals surface area contributed by atoms with Gasteiger partial charge in [0.25, 0.3) is 0 Å². The molecule has 2 heteroatoms. The monoisotopic (exact) mass is 245 g/mol. The van der Waals surface area contributed by atoms with E-state index in [2.05, 4.69) is 29.6 Å². The number of nitrogens with two attached hydrogens (primary N) is 1. The van der Waals surface area contributed by atoms with Crippen molar-refractivity contribution >= 4 is 21.4 Å². The zero-order valence-corrected chi connectivity index (χ0v) is 10.9. The van der Waals surface area contributed by atoms with E-state index in [1.807, 2.05) is 11.3 Å². The van der Waals surface area contributed by atoms with Crippen LogP contribution in [-0.4, -0.2) is 6.04 Å². The Morgan fingerprint density at radius 2 is 1.88 bits per heavy atom. The van der Waals surface area contributed by atoms with E-state index in [4.69, 9.17) is 5.73 Å². The molecule has 0 spiro atoms. The molecule has 2 aromatic rings. The average molecular weight is 245 g/mol. The maximum atomic E-state index is 5.96. The van der Waals surface area contributed by atoms with Crippen molar-refractivity contribution in [1.82, 2.24) is 0 Å². The highest BCUT2D eigenvalue weighted by Gasteiger charge is 2.19. The Morgan fingerprint density at radius 3 is 2.71 bits per heavy atom. The minimum Gasteiger partial charge on any atom is -0.328 e. The highest BCUT2D eigenvalue weighted by Crippen LogP contribution is 2.32. The molecule has 0 atom stereocenters. The fraction of sp³-hybridized carbons (Fsp3) is 0.467. The second kappa shape index (κ2) is 4.79. The first-order valence-corrected chi connectivity index (χ1v) is 7.41. The van der Waals surface area contributed by atoms with E-state index >= 15 is 0 Å². The van der Waals surface area contributed by atoms with Gasteiger partial charge in [0.2, 0.25) is 0 Å². The van der Waals surface area contributed by atoms with Gasteiger partial charge in [-0.1, -0.05) is 18.2 Å². The summed E-state index contributed by atoms with van der Waals surface area (Å²) in [5.41, 5.74) is 7.51. The number of hydrogen-bond donors (Lipinski definition) is 1. The predicted octanol–water partition coefficient (Wildman–Crippen LogP) is 3.96. The first kappa shape index (κ1) is 11.2. The summed E-state index contributed by atoms with van der Waals surface area (Å²) in [5.74, 6) is 0.854. The Morgan fingerprint density at radius 1 is 1.12 bits per heavy atom. The van der Waals surface area contributed by atoms with E-state index in [0.29, 0.717) is 6.04 Å². The summed E-state index contributed by atoms with van der Waals surface area (Å²) >= 11 is 1.88. The number of hydrogen-bond acceptors (Lipinski definition) is 2. The van der Waals surface area contributed by atoms with E-state index in [1.165, 1.54) is 42.2 Å². The molecular formula is C15H19NS. The molecule has 1 aromatic heterocycles. The summed E-state index contributed by atoms with van der Waals surface area (Å²) in [5, 5.41) is 3.81. The van der Waals surface area contributed by atoms with Crippen LogP contribution in [0.5, 0.6) is 0 Å². The molecule has 1 heterocycles. The second-order valence-electron chi connectivity index (χ2n) is 5.24. The minimum atomic E-state index is 0.463. The van der Waals surface area contributed by atoms with Crippen molar-refractivity contribution in [3.05, 3.63) is 35.2 Å². The lowest BCUT2D eigenvalue weighted by Gasteiger charge is -2.25. The van der Waals surface area contributed by atoms with Gasteiger partial charge in [-0.3, -0.25) is 0 Å². The molecule has 0 radical (unpaired) electrons. The molecular weight excluding hydrogens is 226 g/mol. The summed E-state index contributed by atoms with van der Waals surface area (Å²) in [6, 6.07) is 9.22. The Balaban J connectivity index is 1.76. The van der Waals surface area contributed by atoms with Crippen LogP contribution in [0.1, 0.15) is 31.2 Å². The molecule has 1 aliphatic carbocycles. The zero-order chi connectivity index (χ0) is 11.7. The maximum Gasteiger partial charge on any atom is 0.0345 e. The van der Waals surface area contributed by atoms with Gasteiger partial charge in [-0.25, -0.2) is 0 Å². The molecule has 1 saturated carbocycles. The standard InChI is InChI=1S/C15H19NS/c16-13-7-5-11(6-8-13)9-12-10-17-15-4-2-1-3-14(12)15/h1-4,10-11,13H,5-9,16H2. The van der Waals surface area contributed by atoms with Crippen molar-refractivity contribution in [3.8, 4) is 0 Å². The third-order valence-corrected chi connectivity index (χ3v) is 4.97. The second-order valence-corrected chi connectivity index (χ2v) is 6.15. The van der Waals surface area contributed by atoms with Crippen LogP contribution in [-0.2, 0) is 6.42 Å². The van der Waals surface area contributed by atoms with Crippen molar-refractivity contribution < 1.29 is 0 Å². The summed E-state index contributed by atoms with van der Waals surface area (Å²) in [7, 11) is 0. The lowest BCUT2D eigenvalue weighted by atomic mass is 9.83. The Labute approximate surface area is 107 Å². The molecule has 0 bridgehead atoms. The van der Waals surface area contributed by atoms with E-state index in [0.717, 1.165) is 5.92 Å². The first-order chi connectivity index (χ1) is 8.33. The summed E-state index contributed by atoms with van der Waals surface area (Å²) in [6.07, 6.45) is 6.30. The van der Waals surface area contributed by atoms with Crippen LogP contribution in [0.4, 0.5) is 0 Å². The summed E-state index contributed by atoms with van der Waals surface area (Å²) < 4.78 is 1.43. The van der Waals surface area contributed by atoms with Gasteiger partial charge in [-0.2, -0.15) is 0 Å². The highest BCUT2D eigenvalue weighted by atomic mass is 32.1. The van der Waals surface area contributed by atoms with Crippen LogP contribution >= 0.6 is 11.3 Å². The summed E-state index contributed by atoms with van der Waals surface area (Å²) in [4.78, 5) is 0. The van der Waals surface area contributed by atoms with Gasteiger partial charge >= 0.3 is 0 Å². The van der Waals surface area contributed by atoms with Crippen LogP contribution in [0.3, 0.4) is 0 Å². The Bertz CT molecular complexity index is 494. The van der Waals surface area contributed by atoms with Crippen molar-refractivity contribution in [1.29, 1.82) is 0 Å². The third-order valence-electron chi connectivity index (χ3n) is 3.96. The SMILES string of the molecule is NC1CCC(Cc2csc3ccccc23)CC1. The van der Waals surface area contributed by atoms with E-state index < -0.39 is 0 Å². The van der Waals surface area contributed by atoms with Gasteiger partial charge in [-0.15, -0.1) is 11.3 Å². The van der Waals surface area contributed by atoms with Crippen LogP contribution in [0.2, 0.25) is 0 Å².